The van der Waals surface area contributed by atoms with Gasteiger partial charge in [-0.15, -0.1) is 0 Å². The minimum Gasteiger partial charge on any atom is -0.341 e. The zero-order chi connectivity index (χ0) is 13.8. The molecule has 2 rings (SSSR count). The van der Waals surface area contributed by atoms with Gasteiger partial charge in [-0.1, -0.05) is 0 Å². The van der Waals surface area contributed by atoms with E-state index in [0.29, 0.717) is 16.0 Å². The van der Waals surface area contributed by atoms with Crippen LogP contribution in [-0.4, -0.2) is 37.5 Å². The van der Waals surface area contributed by atoms with Gasteiger partial charge in [0.1, 0.15) is 5.82 Å². The average molecular weight is 329 g/mol. The van der Waals surface area contributed by atoms with Gasteiger partial charge in [0, 0.05) is 18.1 Å². The number of benzene rings is 1. The number of piperidine rings is 1. The number of nitrogens with one attached hydrogen (secondary N) is 1. The first-order chi connectivity index (χ1) is 9.08. The van der Waals surface area contributed by atoms with Gasteiger partial charge in [0.05, 0.1) is 5.56 Å². The summed E-state index contributed by atoms with van der Waals surface area (Å²) in [6, 6.07) is 4.17. The number of halogens is 2. The molecule has 5 heteroatoms. The summed E-state index contributed by atoms with van der Waals surface area (Å²) in [5.41, 5.74) is 0.512. The minimum absolute atomic E-state index is 0.0644. The molecule has 0 aliphatic carbocycles. The highest BCUT2D eigenvalue weighted by Gasteiger charge is 2.20. The molecule has 3 nitrogen and oxygen atoms in total. The van der Waals surface area contributed by atoms with Gasteiger partial charge >= 0.3 is 0 Å². The van der Waals surface area contributed by atoms with Crippen molar-refractivity contribution >= 4 is 21.8 Å². The van der Waals surface area contributed by atoms with Gasteiger partial charge in [0.2, 0.25) is 0 Å². The highest BCUT2D eigenvalue weighted by Crippen LogP contribution is 2.21. The van der Waals surface area contributed by atoms with E-state index in [2.05, 4.69) is 21.2 Å². The van der Waals surface area contributed by atoms with Crippen molar-refractivity contribution in [2.24, 2.45) is 5.92 Å². The maximum absolute atomic E-state index is 13.0. The normalized spacial score (nSPS) is 16.4. The van der Waals surface area contributed by atoms with E-state index in [0.717, 1.165) is 32.5 Å². The second-order valence-corrected chi connectivity index (χ2v) is 5.86. The van der Waals surface area contributed by atoms with Gasteiger partial charge in [-0.25, -0.2) is 4.39 Å². The molecule has 1 aromatic carbocycles. The SMILES string of the molecule is CN(CC1CCNCC1)C(=O)c1ccc(F)cc1Br. The lowest BCUT2D eigenvalue weighted by Crippen LogP contribution is -2.37. The molecule has 1 amide bonds. The zero-order valence-corrected chi connectivity index (χ0v) is 12.5. The Bertz CT molecular complexity index is 461. The molecular weight excluding hydrogens is 311 g/mol. The molecule has 1 fully saturated rings. The Labute approximate surface area is 121 Å². The number of nitrogens with zero attached hydrogens (tertiary/aromatic N) is 1. The Balaban J connectivity index is 2.01. The van der Waals surface area contributed by atoms with Crippen LogP contribution in [0, 0.1) is 11.7 Å². The summed E-state index contributed by atoms with van der Waals surface area (Å²) in [6.07, 6.45) is 2.20. The summed E-state index contributed by atoms with van der Waals surface area (Å²) in [6.45, 7) is 2.80. The number of carbonyl (C=O) groups excluding carboxylic acids is 1. The Hall–Kier alpha value is -0.940. The number of carbonyl (C=O) groups is 1. The van der Waals surface area contributed by atoms with Gasteiger partial charge in [-0.3, -0.25) is 4.79 Å². The molecule has 0 saturated carbocycles. The van der Waals surface area contributed by atoms with Crippen LogP contribution in [0.3, 0.4) is 0 Å². The second kappa shape index (κ2) is 6.48. The quantitative estimate of drug-likeness (QED) is 0.925. The molecule has 1 saturated heterocycles. The maximum Gasteiger partial charge on any atom is 0.254 e. The molecule has 1 N–H and O–H groups in total. The highest BCUT2D eigenvalue weighted by atomic mass is 79.9. The molecule has 104 valence electrons. The third-order valence-corrected chi connectivity index (χ3v) is 4.16. The minimum atomic E-state index is -0.343. The molecule has 1 heterocycles. The Morgan fingerprint density at radius 2 is 2.16 bits per heavy atom. The Morgan fingerprint density at radius 3 is 2.79 bits per heavy atom. The van der Waals surface area contributed by atoms with E-state index >= 15 is 0 Å². The van der Waals surface area contributed by atoms with Crippen LogP contribution < -0.4 is 5.32 Å². The zero-order valence-electron chi connectivity index (χ0n) is 11.0. The molecule has 1 aliphatic heterocycles. The third-order valence-electron chi connectivity index (χ3n) is 3.50. The van der Waals surface area contributed by atoms with Crippen LogP contribution in [0.15, 0.2) is 22.7 Å². The van der Waals surface area contributed by atoms with Gasteiger partial charge in [-0.05, 0) is 66.0 Å². The summed E-state index contributed by atoms with van der Waals surface area (Å²) in [4.78, 5) is 14.0. The lowest BCUT2D eigenvalue weighted by Gasteiger charge is -2.27. The van der Waals surface area contributed by atoms with Gasteiger partial charge in [-0.2, -0.15) is 0 Å². The maximum atomic E-state index is 13.0. The Kier molecular flexibility index (Phi) is 4.93. The molecule has 0 atom stereocenters. The highest BCUT2D eigenvalue weighted by molar-refractivity contribution is 9.10. The van der Waals surface area contributed by atoms with E-state index in [1.807, 2.05) is 0 Å². The smallest absolute Gasteiger partial charge is 0.254 e. The summed E-state index contributed by atoms with van der Waals surface area (Å²) in [5, 5.41) is 3.31. The van der Waals surface area contributed by atoms with Crippen LogP contribution in [0.4, 0.5) is 4.39 Å². The van der Waals surface area contributed by atoms with E-state index in [4.69, 9.17) is 0 Å². The van der Waals surface area contributed by atoms with Crippen molar-refractivity contribution in [3.8, 4) is 0 Å². The predicted octanol–water partition coefficient (Wildman–Crippen LogP) is 2.66. The summed E-state index contributed by atoms with van der Waals surface area (Å²) < 4.78 is 13.5. The van der Waals surface area contributed by atoms with Gasteiger partial charge < -0.3 is 10.2 Å². The van der Waals surface area contributed by atoms with Crippen molar-refractivity contribution < 1.29 is 9.18 Å². The molecule has 0 unspecified atom stereocenters. The van der Waals surface area contributed by atoms with Crippen molar-refractivity contribution in [3.63, 3.8) is 0 Å². The molecule has 0 radical (unpaired) electrons. The van der Waals surface area contributed by atoms with Crippen LogP contribution in [0.2, 0.25) is 0 Å². The summed E-state index contributed by atoms with van der Waals surface area (Å²) in [7, 11) is 1.81. The predicted molar refractivity (Wildman–Crippen MR) is 76.7 cm³/mol. The van der Waals surface area contributed by atoms with Crippen LogP contribution in [0.5, 0.6) is 0 Å². The van der Waals surface area contributed by atoms with Crippen LogP contribution in [0.1, 0.15) is 23.2 Å². The average Bonchev–Trinajstić information content (AvgIpc) is 2.39. The third kappa shape index (κ3) is 3.76. The largest absolute Gasteiger partial charge is 0.341 e. The lowest BCUT2D eigenvalue weighted by atomic mass is 9.97. The first-order valence-corrected chi connectivity index (χ1v) is 7.28. The van der Waals surface area contributed by atoms with Crippen LogP contribution >= 0.6 is 15.9 Å². The molecule has 19 heavy (non-hydrogen) atoms. The van der Waals surface area contributed by atoms with E-state index in [1.165, 1.54) is 18.2 Å². The molecule has 0 aromatic heterocycles. The lowest BCUT2D eigenvalue weighted by molar-refractivity contribution is 0.0762. The van der Waals surface area contributed by atoms with E-state index in [9.17, 15) is 9.18 Å². The van der Waals surface area contributed by atoms with E-state index in [-0.39, 0.29) is 11.7 Å². The standard InChI is InChI=1S/C14H18BrFN2O/c1-18(9-10-4-6-17-7-5-10)14(19)12-3-2-11(16)8-13(12)15/h2-3,8,10,17H,4-7,9H2,1H3. The number of hydrogen-bond donors (Lipinski definition) is 1. The van der Waals surface area contributed by atoms with Crippen molar-refractivity contribution in [2.75, 3.05) is 26.7 Å². The number of amides is 1. The fourth-order valence-corrected chi connectivity index (χ4v) is 2.92. The van der Waals surface area contributed by atoms with Gasteiger partial charge in [0.25, 0.3) is 5.91 Å². The topological polar surface area (TPSA) is 32.3 Å². The first kappa shape index (κ1) is 14.5. The fourth-order valence-electron chi connectivity index (χ4n) is 2.40. The van der Waals surface area contributed by atoms with Crippen molar-refractivity contribution in [1.29, 1.82) is 0 Å². The van der Waals surface area contributed by atoms with Crippen molar-refractivity contribution in [1.82, 2.24) is 10.2 Å². The Morgan fingerprint density at radius 1 is 1.47 bits per heavy atom. The van der Waals surface area contributed by atoms with E-state index < -0.39 is 0 Å². The molecule has 0 spiro atoms. The number of rotatable bonds is 3. The van der Waals surface area contributed by atoms with Crippen LogP contribution in [-0.2, 0) is 0 Å². The molecule has 1 aliphatic rings. The molecular formula is C14H18BrFN2O. The van der Waals surface area contributed by atoms with Crippen molar-refractivity contribution in [2.45, 2.75) is 12.8 Å². The van der Waals surface area contributed by atoms with Crippen molar-refractivity contribution in [3.05, 3.63) is 34.1 Å². The first-order valence-electron chi connectivity index (χ1n) is 6.49. The van der Waals surface area contributed by atoms with Gasteiger partial charge in [0.15, 0.2) is 0 Å². The summed E-state index contributed by atoms with van der Waals surface area (Å²) >= 11 is 3.24. The number of hydrogen-bond acceptors (Lipinski definition) is 2. The van der Waals surface area contributed by atoms with Crippen LogP contribution in [0.25, 0.3) is 0 Å². The summed E-state index contributed by atoms with van der Waals surface area (Å²) in [5.74, 6) is 0.143. The fraction of sp³-hybridized carbons (Fsp3) is 0.500. The molecule has 0 bridgehead atoms. The molecule has 1 aromatic rings. The van der Waals surface area contributed by atoms with E-state index in [1.54, 1.807) is 11.9 Å². The second-order valence-electron chi connectivity index (χ2n) is 5.00. The monoisotopic (exact) mass is 328 g/mol.